The largest absolute Gasteiger partial charge is 0.453 e. The Hall–Kier alpha value is -6.84. The van der Waals surface area contributed by atoms with E-state index >= 15 is 0 Å². The molecule has 0 aromatic heterocycles. The molecule has 0 atom stereocenters. The van der Waals surface area contributed by atoms with Crippen molar-refractivity contribution in [3.05, 3.63) is 205 Å². The van der Waals surface area contributed by atoms with Crippen LogP contribution in [0.25, 0.3) is 33.4 Å². The molecule has 0 saturated heterocycles. The highest BCUT2D eigenvalue weighted by Crippen LogP contribution is 2.61. The molecular weight excluding hydrogens is 669 g/mol. The van der Waals surface area contributed by atoms with Crippen molar-refractivity contribution >= 4 is 34.1 Å². The van der Waals surface area contributed by atoms with Gasteiger partial charge in [0, 0.05) is 22.5 Å². The van der Waals surface area contributed by atoms with Crippen LogP contribution in [0, 0.1) is 6.92 Å². The second kappa shape index (κ2) is 12.9. The molecule has 8 aromatic carbocycles. The van der Waals surface area contributed by atoms with E-state index in [4.69, 9.17) is 4.74 Å². The second-order valence-electron chi connectivity index (χ2n) is 15.0. The summed E-state index contributed by atoms with van der Waals surface area (Å²) < 4.78 is 6.55. The summed E-state index contributed by atoms with van der Waals surface area (Å²) in [5.74, 6) is 1.79. The first-order chi connectivity index (χ1) is 27.0. The molecule has 264 valence electrons. The molecule has 0 radical (unpaired) electrons. The molecule has 0 fully saturated rings. The summed E-state index contributed by atoms with van der Waals surface area (Å²) in [6.07, 6.45) is 0. The van der Waals surface area contributed by atoms with Gasteiger partial charge in [0.2, 0.25) is 0 Å². The molecular formula is C52H40N2O. The summed E-state index contributed by atoms with van der Waals surface area (Å²) in [6, 6.07) is 67.6. The molecule has 0 unspecified atom stereocenters. The second-order valence-corrected chi connectivity index (χ2v) is 15.0. The molecule has 2 heterocycles. The number of hydrogen-bond acceptors (Lipinski definition) is 3. The van der Waals surface area contributed by atoms with E-state index in [1.54, 1.807) is 0 Å². The Morgan fingerprint density at radius 2 is 0.909 bits per heavy atom. The zero-order valence-electron chi connectivity index (χ0n) is 31.2. The molecule has 8 aromatic rings. The fraction of sp³-hybridized carbons (Fsp3) is 0.0769. The maximum absolute atomic E-state index is 6.55. The lowest BCUT2D eigenvalue weighted by atomic mass is 9.70. The number of para-hydroxylation sites is 2. The minimum Gasteiger partial charge on any atom is -0.453 e. The summed E-state index contributed by atoms with van der Waals surface area (Å²) in [6.45, 7) is 6.88. The van der Waals surface area contributed by atoms with Gasteiger partial charge >= 0.3 is 0 Å². The standard InChI is InChI=1S/C52H40N2O/c1-35-13-10-21-47-50(35)54-46-20-11-18-44(49(46)52(2,3)45-19-12-22-48(55-47)51(45)54)40-27-33-43(34-28-40)53(41-29-23-38(24-30-41)36-14-6-4-7-15-36)42-31-25-39(26-32-42)37-16-8-5-9-17-37/h4-34H,1-3H3. The van der Waals surface area contributed by atoms with Gasteiger partial charge in [0.15, 0.2) is 11.5 Å². The van der Waals surface area contributed by atoms with Gasteiger partial charge in [0.25, 0.3) is 0 Å². The average molecular weight is 709 g/mol. The van der Waals surface area contributed by atoms with Gasteiger partial charge in [0.05, 0.1) is 17.1 Å². The first-order valence-electron chi connectivity index (χ1n) is 19.0. The number of ether oxygens (including phenoxy) is 1. The quantitative estimate of drug-likeness (QED) is 0.171. The highest BCUT2D eigenvalue weighted by molar-refractivity contribution is 5.97. The maximum Gasteiger partial charge on any atom is 0.151 e. The molecule has 3 heteroatoms. The minimum absolute atomic E-state index is 0.275. The van der Waals surface area contributed by atoms with Gasteiger partial charge in [-0.25, -0.2) is 0 Å². The Labute approximate surface area is 323 Å². The van der Waals surface area contributed by atoms with Crippen LogP contribution in [0.15, 0.2) is 188 Å². The molecule has 0 N–H and O–H groups in total. The van der Waals surface area contributed by atoms with Crippen LogP contribution < -0.4 is 14.5 Å². The summed E-state index contributed by atoms with van der Waals surface area (Å²) in [7, 11) is 0. The van der Waals surface area contributed by atoms with Gasteiger partial charge in [0.1, 0.15) is 0 Å². The third-order valence-electron chi connectivity index (χ3n) is 11.4. The summed E-state index contributed by atoms with van der Waals surface area (Å²) in [5.41, 5.74) is 17.5. The molecule has 0 amide bonds. The van der Waals surface area contributed by atoms with E-state index in [0.717, 1.165) is 39.9 Å². The van der Waals surface area contributed by atoms with Crippen molar-refractivity contribution in [2.75, 3.05) is 9.80 Å². The highest BCUT2D eigenvalue weighted by atomic mass is 16.5. The molecule has 0 saturated carbocycles. The van der Waals surface area contributed by atoms with E-state index in [2.05, 4.69) is 219 Å². The molecule has 2 aliphatic rings. The zero-order valence-corrected chi connectivity index (χ0v) is 31.2. The van der Waals surface area contributed by atoms with Crippen molar-refractivity contribution in [1.82, 2.24) is 0 Å². The van der Waals surface area contributed by atoms with Crippen LogP contribution in [-0.2, 0) is 5.41 Å². The number of hydrogen-bond donors (Lipinski definition) is 0. The van der Waals surface area contributed by atoms with E-state index in [1.165, 1.54) is 55.8 Å². The van der Waals surface area contributed by atoms with Crippen molar-refractivity contribution in [3.63, 3.8) is 0 Å². The van der Waals surface area contributed by atoms with Crippen LogP contribution in [0.2, 0.25) is 0 Å². The highest BCUT2D eigenvalue weighted by Gasteiger charge is 2.43. The third-order valence-corrected chi connectivity index (χ3v) is 11.4. The number of nitrogens with zero attached hydrogens (tertiary/aromatic N) is 2. The summed E-state index contributed by atoms with van der Waals surface area (Å²) in [5, 5.41) is 0. The van der Waals surface area contributed by atoms with Crippen LogP contribution in [0.4, 0.5) is 34.1 Å². The zero-order chi connectivity index (χ0) is 37.1. The van der Waals surface area contributed by atoms with Crippen molar-refractivity contribution in [1.29, 1.82) is 0 Å². The van der Waals surface area contributed by atoms with Gasteiger partial charge < -0.3 is 14.5 Å². The number of aryl methyl sites for hydroxylation is 1. The fourth-order valence-electron chi connectivity index (χ4n) is 8.67. The molecule has 0 aliphatic carbocycles. The molecule has 3 nitrogen and oxygen atoms in total. The number of fused-ring (bicyclic) bond motifs is 4. The summed E-state index contributed by atoms with van der Waals surface area (Å²) >= 11 is 0. The summed E-state index contributed by atoms with van der Waals surface area (Å²) in [4.78, 5) is 4.79. The predicted molar refractivity (Wildman–Crippen MR) is 229 cm³/mol. The Kier molecular flexibility index (Phi) is 7.71. The van der Waals surface area contributed by atoms with Crippen molar-refractivity contribution < 1.29 is 4.74 Å². The minimum atomic E-state index is -0.275. The van der Waals surface area contributed by atoms with Crippen molar-refractivity contribution in [2.45, 2.75) is 26.2 Å². The van der Waals surface area contributed by atoms with E-state index in [9.17, 15) is 0 Å². The molecule has 10 rings (SSSR count). The number of benzene rings is 8. The first-order valence-corrected chi connectivity index (χ1v) is 19.0. The van der Waals surface area contributed by atoms with E-state index < -0.39 is 0 Å². The normalized spacial score (nSPS) is 13.3. The third kappa shape index (κ3) is 5.42. The SMILES string of the molecule is Cc1cccc2c1N1c3cccc(-c4ccc(N(c5ccc(-c6ccccc6)cc5)c5ccc(-c6ccccc6)cc5)cc4)c3C(C)(C)c3cccc(c31)O2. The molecule has 0 bridgehead atoms. The average Bonchev–Trinajstić information content (AvgIpc) is 3.24. The Morgan fingerprint density at radius 3 is 1.47 bits per heavy atom. The first kappa shape index (κ1) is 32.8. The predicted octanol–water partition coefficient (Wildman–Crippen LogP) is 14.7. The van der Waals surface area contributed by atoms with E-state index in [0.29, 0.717) is 0 Å². The molecule has 2 aliphatic heterocycles. The number of anilines is 6. The smallest absolute Gasteiger partial charge is 0.151 e. The maximum atomic E-state index is 6.55. The van der Waals surface area contributed by atoms with Gasteiger partial charge in [-0.15, -0.1) is 0 Å². The van der Waals surface area contributed by atoms with Crippen LogP contribution in [0.3, 0.4) is 0 Å². The van der Waals surface area contributed by atoms with Gasteiger partial charge in [-0.1, -0.05) is 147 Å². The lowest BCUT2D eigenvalue weighted by Gasteiger charge is -2.46. The van der Waals surface area contributed by atoms with Crippen LogP contribution in [-0.4, -0.2) is 0 Å². The monoisotopic (exact) mass is 708 g/mol. The van der Waals surface area contributed by atoms with Gasteiger partial charge in [-0.2, -0.15) is 0 Å². The van der Waals surface area contributed by atoms with Crippen LogP contribution in [0.1, 0.15) is 30.5 Å². The molecule has 0 spiro atoms. The lowest BCUT2D eigenvalue weighted by molar-refractivity contribution is 0.471. The van der Waals surface area contributed by atoms with Crippen molar-refractivity contribution in [3.8, 4) is 44.9 Å². The Balaban J connectivity index is 1.08. The fourth-order valence-corrected chi connectivity index (χ4v) is 8.67. The number of rotatable bonds is 6. The van der Waals surface area contributed by atoms with Crippen LogP contribution >= 0.6 is 0 Å². The van der Waals surface area contributed by atoms with E-state index in [-0.39, 0.29) is 5.41 Å². The van der Waals surface area contributed by atoms with Crippen molar-refractivity contribution in [2.24, 2.45) is 0 Å². The Morgan fingerprint density at radius 1 is 0.436 bits per heavy atom. The van der Waals surface area contributed by atoms with Crippen LogP contribution in [0.5, 0.6) is 11.5 Å². The van der Waals surface area contributed by atoms with Gasteiger partial charge in [-0.05, 0) is 112 Å². The topological polar surface area (TPSA) is 15.7 Å². The van der Waals surface area contributed by atoms with E-state index in [1.807, 2.05) is 0 Å². The lowest BCUT2D eigenvalue weighted by Crippen LogP contribution is -2.33. The van der Waals surface area contributed by atoms with Gasteiger partial charge in [-0.3, -0.25) is 0 Å². The Bertz CT molecular complexity index is 2600. The molecule has 55 heavy (non-hydrogen) atoms.